The third-order valence-electron chi connectivity index (χ3n) is 2.72. The number of rotatable bonds is 8. The lowest BCUT2D eigenvalue weighted by atomic mass is 10.2. The average Bonchev–Trinajstić information content (AvgIpc) is 3.21. The predicted octanol–water partition coefficient (Wildman–Crippen LogP) is 2.55. The Hall–Kier alpha value is -1.82. The molecule has 0 N–H and O–H groups in total. The highest BCUT2D eigenvalue weighted by Gasteiger charge is 2.24. The van der Waals surface area contributed by atoms with Gasteiger partial charge in [-0.15, -0.1) is 0 Å². The molecule has 0 spiro atoms. The number of ether oxygens (including phenoxy) is 3. The standard InChI is InChI=1S/C13H17NO5/c1-2-3-6-17-13-7-10(14(15)16)4-5-12(13)19-9-11-8-18-11/h4-5,7,11H,2-3,6,8-9H2,1H3. The number of nitro benzene ring substituents is 1. The molecule has 0 bridgehead atoms. The van der Waals surface area contributed by atoms with E-state index in [0.29, 0.717) is 31.3 Å². The van der Waals surface area contributed by atoms with Gasteiger partial charge in [-0.1, -0.05) is 13.3 Å². The maximum absolute atomic E-state index is 10.8. The van der Waals surface area contributed by atoms with E-state index in [1.165, 1.54) is 12.1 Å². The number of benzene rings is 1. The van der Waals surface area contributed by atoms with Gasteiger partial charge in [0.25, 0.3) is 5.69 Å². The van der Waals surface area contributed by atoms with Crippen molar-refractivity contribution in [2.75, 3.05) is 19.8 Å². The van der Waals surface area contributed by atoms with Gasteiger partial charge in [0, 0.05) is 6.07 Å². The summed E-state index contributed by atoms with van der Waals surface area (Å²) in [5, 5.41) is 10.8. The number of epoxide rings is 1. The molecule has 1 aromatic rings. The van der Waals surface area contributed by atoms with Gasteiger partial charge in [0.05, 0.1) is 24.2 Å². The van der Waals surface area contributed by atoms with Crippen molar-refractivity contribution in [3.63, 3.8) is 0 Å². The zero-order valence-corrected chi connectivity index (χ0v) is 10.8. The molecule has 1 aromatic carbocycles. The van der Waals surface area contributed by atoms with Gasteiger partial charge < -0.3 is 14.2 Å². The molecule has 1 saturated heterocycles. The van der Waals surface area contributed by atoms with E-state index >= 15 is 0 Å². The number of nitro groups is 1. The summed E-state index contributed by atoms with van der Waals surface area (Å²) < 4.78 is 16.2. The maximum Gasteiger partial charge on any atom is 0.273 e. The van der Waals surface area contributed by atoms with Crippen molar-refractivity contribution in [3.8, 4) is 11.5 Å². The Labute approximate surface area is 111 Å². The average molecular weight is 267 g/mol. The van der Waals surface area contributed by atoms with Gasteiger partial charge in [0.1, 0.15) is 12.7 Å². The first-order valence-corrected chi connectivity index (χ1v) is 6.36. The quantitative estimate of drug-likeness (QED) is 0.313. The van der Waals surface area contributed by atoms with Crippen LogP contribution in [0, 0.1) is 10.1 Å². The first-order chi connectivity index (χ1) is 9.20. The van der Waals surface area contributed by atoms with E-state index in [-0.39, 0.29) is 11.8 Å². The van der Waals surface area contributed by atoms with Gasteiger partial charge in [0.15, 0.2) is 11.5 Å². The lowest BCUT2D eigenvalue weighted by Crippen LogP contribution is -2.06. The molecule has 1 fully saturated rings. The van der Waals surface area contributed by atoms with Crippen molar-refractivity contribution < 1.29 is 19.1 Å². The van der Waals surface area contributed by atoms with E-state index in [1.807, 2.05) is 0 Å². The van der Waals surface area contributed by atoms with E-state index in [2.05, 4.69) is 6.92 Å². The predicted molar refractivity (Wildman–Crippen MR) is 68.7 cm³/mol. The Morgan fingerprint density at radius 2 is 2.21 bits per heavy atom. The smallest absolute Gasteiger partial charge is 0.273 e. The fourth-order valence-corrected chi connectivity index (χ4v) is 1.52. The molecule has 1 atom stereocenters. The van der Waals surface area contributed by atoms with Crippen molar-refractivity contribution in [1.29, 1.82) is 0 Å². The fraction of sp³-hybridized carbons (Fsp3) is 0.538. The van der Waals surface area contributed by atoms with Crippen molar-refractivity contribution >= 4 is 5.69 Å². The number of hydrogen-bond donors (Lipinski definition) is 0. The van der Waals surface area contributed by atoms with Crippen LogP contribution in [0.3, 0.4) is 0 Å². The van der Waals surface area contributed by atoms with Gasteiger partial charge in [-0.05, 0) is 12.5 Å². The molecular formula is C13H17NO5. The fourth-order valence-electron chi connectivity index (χ4n) is 1.52. The van der Waals surface area contributed by atoms with E-state index < -0.39 is 4.92 Å². The van der Waals surface area contributed by atoms with E-state index in [9.17, 15) is 10.1 Å². The monoisotopic (exact) mass is 267 g/mol. The molecular weight excluding hydrogens is 250 g/mol. The summed E-state index contributed by atoms with van der Waals surface area (Å²) in [5.74, 6) is 0.945. The molecule has 0 saturated carbocycles. The molecule has 1 aliphatic rings. The summed E-state index contributed by atoms with van der Waals surface area (Å²) >= 11 is 0. The molecule has 6 nitrogen and oxygen atoms in total. The minimum Gasteiger partial charge on any atom is -0.489 e. The molecule has 104 valence electrons. The summed E-state index contributed by atoms with van der Waals surface area (Å²) in [6.45, 7) is 3.73. The van der Waals surface area contributed by atoms with E-state index in [4.69, 9.17) is 14.2 Å². The van der Waals surface area contributed by atoms with Gasteiger partial charge in [0.2, 0.25) is 0 Å². The molecule has 6 heteroatoms. The highest BCUT2D eigenvalue weighted by Crippen LogP contribution is 2.32. The second kappa shape index (κ2) is 6.38. The van der Waals surface area contributed by atoms with Crippen LogP contribution in [-0.2, 0) is 4.74 Å². The van der Waals surface area contributed by atoms with Gasteiger partial charge in [-0.25, -0.2) is 0 Å². The molecule has 1 heterocycles. The first-order valence-electron chi connectivity index (χ1n) is 6.36. The van der Waals surface area contributed by atoms with Crippen LogP contribution in [0.4, 0.5) is 5.69 Å². The lowest BCUT2D eigenvalue weighted by Gasteiger charge is -2.11. The number of unbranched alkanes of at least 4 members (excludes halogenated alkanes) is 1. The largest absolute Gasteiger partial charge is 0.489 e. The van der Waals surface area contributed by atoms with Gasteiger partial charge >= 0.3 is 0 Å². The molecule has 1 aliphatic heterocycles. The highest BCUT2D eigenvalue weighted by molar-refractivity contribution is 5.48. The second-order valence-corrected chi connectivity index (χ2v) is 4.36. The van der Waals surface area contributed by atoms with Crippen LogP contribution in [-0.4, -0.2) is 30.8 Å². The highest BCUT2D eigenvalue weighted by atomic mass is 16.6. The topological polar surface area (TPSA) is 74.1 Å². The second-order valence-electron chi connectivity index (χ2n) is 4.36. The summed E-state index contributed by atoms with van der Waals surface area (Å²) in [7, 11) is 0. The normalized spacial score (nSPS) is 17.0. The minimum absolute atomic E-state index is 0.00141. The molecule has 0 aromatic heterocycles. The van der Waals surface area contributed by atoms with Crippen molar-refractivity contribution in [2.24, 2.45) is 0 Å². The van der Waals surface area contributed by atoms with Crippen LogP contribution >= 0.6 is 0 Å². The van der Waals surface area contributed by atoms with Crippen LogP contribution in [0.15, 0.2) is 18.2 Å². The van der Waals surface area contributed by atoms with Crippen LogP contribution in [0.1, 0.15) is 19.8 Å². The van der Waals surface area contributed by atoms with Crippen LogP contribution in [0.5, 0.6) is 11.5 Å². The first kappa shape index (κ1) is 13.6. The third-order valence-corrected chi connectivity index (χ3v) is 2.72. The Kier molecular flexibility index (Phi) is 4.57. The molecule has 0 radical (unpaired) electrons. The van der Waals surface area contributed by atoms with E-state index in [1.54, 1.807) is 6.07 Å². The molecule has 2 rings (SSSR count). The Balaban J connectivity index is 2.06. The number of non-ortho nitro benzene ring substituents is 1. The summed E-state index contributed by atoms with van der Waals surface area (Å²) in [6, 6.07) is 4.39. The van der Waals surface area contributed by atoms with Crippen LogP contribution in [0.2, 0.25) is 0 Å². The lowest BCUT2D eigenvalue weighted by molar-refractivity contribution is -0.385. The Morgan fingerprint density at radius 1 is 1.42 bits per heavy atom. The Morgan fingerprint density at radius 3 is 2.84 bits per heavy atom. The SMILES string of the molecule is CCCCOc1cc([N+](=O)[O-])ccc1OCC1CO1. The summed E-state index contributed by atoms with van der Waals surface area (Å²) in [6.07, 6.45) is 2.04. The molecule has 0 aliphatic carbocycles. The minimum atomic E-state index is -0.444. The maximum atomic E-state index is 10.8. The Bertz CT molecular complexity index is 445. The van der Waals surface area contributed by atoms with Gasteiger partial charge in [-0.2, -0.15) is 0 Å². The van der Waals surface area contributed by atoms with Crippen LogP contribution < -0.4 is 9.47 Å². The zero-order chi connectivity index (χ0) is 13.7. The molecule has 0 amide bonds. The van der Waals surface area contributed by atoms with Crippen LogP contribution in [0.25, 0.3) is 0 Å². The summed E-state index contributed by atoms with van der Waals surface area (Å²) in [4.78, 5) is 10.3. The van der Waals surface area contributed by atoms with Crippen molar-refractivity contribution in [3.05, 3.63) is 28.3 Å². The third kappa shape index (κ3) is 4.10. The van der Waals surface area contributed by atoms with Gasteiger partial charge in [-0.3, -0.25) is 10.1 Å². The molecule has 19 heavy (non-hydrogen) atoms. The van der Waals surface area contributed by atoms with Crippen molar-refractivity contribution in [1.82, 2.24) is 0 Å². The molecule has 1 unspecified atom stereocenters. The van der Waals surface area contributed by atoms with Crippen molar-refractivity contribution in [2.45, 2.75) is 25.9 Å². The number of hydrogen-bond acceptors (Lipinski definition) is 5. The number of nitrogens with zero attached hydrogens (tertiary/aromatic N) is 1. The van der Waals surface area contributed by atoms with E-state index in [0.717, 1.165) is 12.8 Å². The summed E-state index contributed by atoms with van der Waals surface area (Å²) in [5.41, 5.74) is 0.00141. The zero-order valence-electron chi connectivity index (χ0n) is 10.8.